The molecule has 1 aliphatic heterocycles. The molecule has 0 radical (unpaired) electrons. The zero-order chi connectivity index (χ0) is 13.8. The second-order valence-corrected chi connectivity index (χ2v) is 5.24. The number of hydrogen-bond acceptors (Lipinski definition) is 3. The van der Waals surface area contributed by atoms with Gasteiger partial charge in [0.15, 0.2) is 0 Å². The van der Waals surface area contributed by atoms with Crippen molar-refractivity contribution < 1.29 is 4.79 Å². The summed E-state index contributed by atoms with van der Waals surface area (Å²) >= 11 is 0. The molecule has 1 unspecified atom stereocenters. The number of aromatic nitrogens is 1. The first-order chi connectivity index (χ1) is 9.84. The number of nitrogens with one attached hydrogen (secondary N) is 2. The molecule has 1 aromatic heterocycles. The van der Waals surface area contributed by atoms with Crippen LogP contribution in [0.25, 0.3) is 10.8 Å². The monoisotopic (exact) mass is 269 g/mol. The molecule has 4 heteroatoms. The van der Waals surface area contributed by atoms with Gasteiger partial charge in [-0.3, -0.25) is 9.78 Å². The van der Waals surface area contributed by atoms with Gasteiger partial charge < -0.3 is 10.6 Å². The second-order valence-electron chi connectivity index (χ2n) is 5.24. The van der Waals surface area contributed by atoms with Gasteiger partial charge in [0.2, 0.25) is 0 Å². The van der Waals surface area contributed by atoms with Gasteiger partial charge >= 0.3 is 0 Å². The van der Waals surface area contributed by atoms with E-state index in [0.29, 0.717) is 18.3 Å². The number of fused-ring (bicyclic) bond motifs is 1. The lowest BCUT2D eigenvalue weighted by molar-refractivity contribution is 0.0944. The largest absolute Gasteiger partial charge is 0.349 e. The molecule has 2 N–H and O–H groups in total. The van der Waals surface area contributed by atoms with Crippen LogP contribution in [0.15, 0.2) is 36.5 Å². The highest BCUT2D eigenvalue weighted by Crippen LogP contribution is 2.16. The summed E-state index contributed by atoms with van der Waals surface area (Å²) in [4.78, 5) is 16.5. The predicted molar refractivity (Wildman–Crippen MR) is 79.7 cm³/mol. The van der Waals surface area contributed by atoms with Crippen molar-refractivity contribution in [1.82, 2.24) is 15.6 Å². The van der Waals surface area contributed by atoms with Gasteiger partial charge in [-0.25, -0.2) is 0 Å². The Morgan fingerprint density at radius 1 is 1.30 bits per heavy atom. The highest BCUT2D eigenvalue weighted by molar-refractivity contribution is 6.05. The third-order valence-corrected chi connectivity index (χ3v) is 3.81. The zero-order valence-electron chi connectivity index (χ0n) is 11.4. The van der Waals surface area contributed by atoms with Crippen molar-refractivity contribution >= 4 is 16.7 Å². The minimum Gasteiger partial charge on any atom is -0.349 e. The van der Waals surface area contributed by atoms with Crippen LogP contribution >= 0.6 is 0 Å². The van der Waals surface area contributed by atoms with Gasteiger partial charge in [0, 0.05) is 24.2 Å². The maximum Gasteiger partial charge on any atom is 0.270 e. The number of carbonyl (C=O) groups is 1. The Balaban J connectivity index is 1.72. The molecule has 1 fully saturated rings. The Labute approximate surface area is 118 Å². The summed E-state index contributed by atoms with van der Waals surface area (Å²) in [5.41, 5.74) is 0.513. The van der Waals surface area contributed by atoms with Gasteiger partial charge in [-0.2, -0.15) is 0 Å². The third kappa shape index (κ3) is 2.80. The van der Waals surface area contributed by atoms with Crippen LogP contribution in [-0.2, 0) is 0 Å². The Morgan fingerprint density at radius 2 is 2.20 bits per heavy atom. The van der Waals surface area contributed by atoms with Crippen LogP contribution in [0.1, 0.15) is 29.8 Å². The molecule has 20 heavy (non-hydrogen) atoms. The average Bonchev–Trinajstić information content (AvgIpc) is 2.53. The molecule has 0 saturated carbocycles. The number of rotatable bonds is 3. The summed E-state index contributed by atoms with van der Waals surface area (Å²) < 4.78 is 0. The van der Waals surface area contributed by atoms with Crippen molar-refractivity contribution in [3.05, 3.63) is 42.2 Å². The summed E-state index contributed by atoms with van der Waals surface area (Å²) in [5, 5.41) is 8.38. The Bertz CT molecular complexity index is 600. The fourth-order valence-corrected chi connectivity index (χ4v) is 2.70. The third-order valence-electron chi connectivity index (χ3n) is 3.81. The van der Waals surface area contributed by atoms with Crippen LogP contribution in [0.5, 0.6) is 0 Å². The molecule has 4 nitrogen and oxygen atoms in total. The van der Waals surface area contributed by atoms with Crippen LogP contribution in [0, 0.1) is 0 Å². The molecule has 0 bridgehead atoms. The first-order valence-electron chi connectivity index (χ1n) is 7.20. The molecule has 1 aliphatic rings. The van der Waals surface area contributed by atoms with Crippen LogP contribution in [0.3, 0.4) is 0 Å². The van der Waals surface area contributed by atoms with E-state index < -0.39 is 0 Å². The van der Waals surface area contributed by atoms with Crippen LogP contribution in [0.4, 0.5) is 0 Å². The average molecular weight is 269 g/mol. The SMILES string of the molecule is O=C(NCC1CCCCN1)c1nccc2ccccc12. The van der Waals surface area contributed by atoms with E-state index in [1.165, 1.54) is 12.8 Å². The van der Waals surface area contributed by atoms with Gasteiger partial charge in [0.1, 0.15) is 5.69 Å². The van der Waals surface area contributed by atoms with Crippen molar-refractivity contribution in [3.8, 4) is 0 Å². The number of amides is 1. The normalized spacial score (nSPS) is 18.9. The molecule has 1 atom stereocenters. The standard InChI is InChI=1S/C16H19N3O/c20-16(19-11-13-6-3-4-9-17-13)15-14-7-2-1-5-12(14)8-10-18-15/h1-2,5,7-8,10,13,17H,3-4,6,9,11H2,(H,19,20). The maximum atomic E-state index is 12.3. The number of nitrogens with zero attached hydrogens (tertiary/aromatic N) is 1. The van der Waals surface area contributed by atoms with E-state index in [1.807, 2.05) is 30.3 Å². The van der Waals surface area contributed by atoms with E-state index in [-0.39, 0.29) is 5.91 Å². The topological polar surface area (TPSA) is 54.0 Å². The molecular formula is C16H19N3O. The Morgan fingerprint density at radius 3 is 3.05 bits per heavy atom. The molecular weight excluding hydrogens is 250 g/mol. The van der Waals surface area contributed by atoms with Crippen LogP contribution in [0.2, 0.25) is 0 Å². The lowest BCUT2D eigenvalue weighted by atomic mass is 10.0. The summed E-state index contributed by atoms with van der Waals surface area (Å²) in [6, 6.07) is 10.2. The number of piperidine rings is 1. The van der Waals surface area contributed by atoms with E-state index in [9.17, 15) is 4.79 Å². The minimum atomic E-state index is -0.0887. The fourth-order valence-electron chi connectivity index (χ4n) is 2.70. The first kappa shape index (κ1) is 13.1. The molecule has 2 aromatic rings. The number of benzene rings is 1. The van der Waals surface area contributed by atoms with Gasteiger partial charge in [0.25, 0.3) is 5.91 Å². The summed E-state index contributed by atoms with van der Waals surface area (Å²) in [7, 11) is 0. The van der Waals surface area contributed by atoms with Crippen molar-refractivity contribution in [2.45, 2.75) is 25.3 Å². The fraction of sp³-hybridized carbons (Fsp3) is 0.375. The Hall–Kier alpha value is -1.94. The van der Waals surface area contributed by atoms with Crippen molar-refractivity contribution in [2.75, 3.05) is 13.1 Å². The summed E-state index contributed by atoms with van der Waals surface area (Å²) in [5.74, 6) is -0.0887. The number of pyridine rings is 1. The highest BCUT2D eigenvalue weighted by Gasteiger charge is 2.15. The number of hydrogen-bond donors (Lipinski definition) is 2. The Kier molecular flexibility index (Phi) is 3.92. The molecule has 0 aliphatic carbocycles. The van der Waals surface area contributed by atoms with Crippen molar-refractivity contribution in [3.63, 3.8) is 0 Å². The summed E-state index contributed by atoms with van der Waals surface area (Å²) in [6.45, 7) is 1.72. The van der Waals surface area contributed by atoms with Gasteiger partial charge in [-0.05, 0) is 30.8 Å². The lowest BCUT2D eigenvalue weighted by Crippen LogP contribution is -2.43. The van der Waals surface area contributed by atoms with Crippen molar-refractivity contribution in [2.24, 2.45) is 0 Å². The van der Waals surface area contributed by atoms with Gasteiger partial charge in [-0.1, -0.05) is 30.7 Å². The van der Waals surface area contributed by atoms with Gasteiger partial charge in [0.05, 0.1) is 0 Å². The van der Waals surface area contributed by atoms with E-state index in [4.69, 9.17) is 0 Å². The second kappa shape index (κ2) is 6.01. The highest BCUT2D eigenvalue weighted by atomic mass is 16.1. The van der Waals surface area contributed by atoms with Crippen molar-refractivity contribution in [1.29, 1.82) is 0 Å². The zero-order valence-corrected chi connectivity index (χ0v) is 11.4. The lowest BCUT2D eigenvalue weighted by Gasteiger charge is -2.23. The quantitative estimate of drug-likeness (QED) is 0.897. The predicted octanol–water partition coefficient (Wildman–Crippen LogP) is 2.11. The van der Waals surface area contributed by atoms with E-state index in [0.717, 1.165) is 23.7 Å². The summed E-state index contributed by atoms with van der Waals surface area (Å²) in [6.07, 6.45) is 5.29. The first-order valence-corrected chi connectivity index (χ1v) is 7.20. The minimum absolute atomic E-state index is 0.0887. The molecule has 2 heterocycles. The maximum absolute atomic E-state index is 12.3. The van der Waals surface area contributed by atoms with Gasteiger partial charge in [-0.15, -0.1) is 0 Å². The van der Waals surface area contributed by atoms with E-state index in [1.54, 1.807) is 6.20 Å². The molecule has 1 aromatic carbocycles. The smallest absolute Gasteiger partial charge is 0.270 e. The van der Waals surface area contributed by atoms with Crippen LogP contribution < -0.4 is 10.6 Å². The molecule has 3 rings (SSSR count). The molecule has 1 amide bonds. The molecule has 0 spiro atoms. The number of carbonyl (C=O) groups excluding carboxylic acids is 1. The molecule has 1 saturated heterocycles. The van der Waals surface area contributed by atoms with E-state index in [2.05, 4.69) is 15.6 Å². The molecule has 104 valence electrons. The van der Waals surface area contributed by atoms with E-state index >= 15 is 0 Å². The van der Waals surface area contributed by atoms with Crippen LogP contribution in [-0.4, -0.2) is 30.0 Å².